The van der Waals surface area contributed by atoms with E-state index in [9.17, 15) is 4.79 Å². The number of hydrogen-bond donors (Lipinski definition) is 1. The minimum atomic E-state index is -0.0742. The number of hydrogen-bond acceptors (Lipinski definition) is 4. The Kier molecular flexibility index (Phi) is 7.75. The fourth-order valence-electron chi connectivity index (χ4n) is 2.22. The predicted molar refractivity (Wildman–Crippen MR) is 103 cm³/mol. The van der Waals surface area contributed by atoms with E-state index in [-0.39, 0.29) is 5.91 Å². The van der Waals surface area contributed by atoms with Crippen LogP contribution in [-0.4, -0.2) is 42.0 Å². The maximum absolute atomic E-state index is 12.5. The van der Waals surface area contributed by atoms with Crippen LogP contribution >= 0.6 is 27.7 Å². The van der Waals surface area contributed by atoms with Crippen LogP contribution in [0.3, 0.4) is 0 Å². The Balaban J connectivity index is 2.02. The highest BCUT2D eigenvalue weighted by atomic mass is 79.9. The molecule has 0 unspecified atom stereocenters. The van der Waals surface area contributed by atoms with Gasteiger partial charge in [-0.1, -0.05) is 41.5 Å². The smallest absolute Gasteiger partial charge is 0.254 e. The van der Waals surface area contributed by atoms with Gasteiger partial charge in [-0.15, -0.1) is 0 Å². The van der Waals surface area contributed by atoms with Gasteiger partial charge >= 0.3 is 0 Å². The first-order chi connectivity index (χ1) is 11.6. The molecule has 0 saturated heterocycles. The zero-order valence-corrected chi connectivity index (χ0v) is 16.4. The Hall–Kier alpha value is -1.37. The number of carbonyl (C=O) groups excluding carboxylic acids is 1. The van der Waals surface area contributed by atoms with Crippen LogP contribution in [0.2, 0.25) is 0 Å². The van der Waals surface area contributed by atoms with Crippen LogP contribution in [-0.2, 0) is 0 Å². The fraction of sp³-hybridized carbons (Fsp3) is 0.333. The maximum Gasteiger partial charge on any atom is 0.254 e. The predicted octanol–water partition coefficient (Wildman–Crippen LogP) is 4.07. The van der Waals surface area contributed by atoms with Gasteiger partial charge in [-0.05, 0) is 49.5 Å². The van der Waals surface area contributed by atoms with Crippen molar-refractivity contribution >= 4 is 33.6 Å². The van der Waals surface area contributed by atoms with E-state index < -0.39 is 0 Å². The number of amides is 1. The van der Waals surface area contributed by atoms with Gasteiger partial charge in [0.1, 0.15) is 5.03 Å². The van der Waals surface area contributed by atoms with Crippen LogP contribution in [0.15, 0.2) is 57.0 Å². The van der Waals surface area contributed by atoms with Crippen molar-refractivity contribution in [3.05, 3.63) is 52.6 Å². The summed E-state index contributed by atoms with van der Waals surface area (Å²) in [5, 5.41) is 3.71. The topological polar surface area (TPSA) is 45.2 Å². The highest BCUT2D eigenvalue weighted by Gasteiger charge is 2.13. The molecule has 0 radical (unpaired) electrons. The Labute approximate surface area is 156 Å². The van der Waals surface area contributed by atoms with Crippen LogP contribution in [0.4, 0.5) is 0 Å². The summed E-state index contributed by atoms with van der Waals surface area (Å²) in [6.07, 6.45) is 1.72. The first-order valence-corrected chi connectivity index (χ1v) is 9.64. The lowest BCUT2D eigenvalue weighted by Gasteiger charge is -2.18. The molecule has 0 fully saturated rings. The van der Waals surface area contributed by atoms with Crippen molar-refractivity contribution in [1.82, 2.24) is 15.2 Å². The van der Waals surface area contributed by atoms with Crippen LogP contribution in [0, 0.1) is 0 Å². The number of pyridine rings is 1. The van der Waals surface area contributed by atoms with Crippen molar-refractivity contribution in [2.75, 3.05) is 26.2 Å². The van der Waals surface area contributed by atoms with E-state index in [0.29, 0.717) is 12.1 Å². The van der Waals surface area contributed by atoms with Crippen molar-refractivity contribution in [2.24, 2.45) is 0 Å². The molecule has 0 spiro atoms. The second-order valence-electron chi connectivity index (χ2n) is 5.19. The number of aromatic nitrogens is 1. The zero-order chi connectivity index (χ0) is 17.4. The first kappa shape index (κ1) is 19.0. The lowest BCUT2D eigenvalue weighted by molar-refractivity contribution is 0.0945. The third-order valence-corrected chi connectivity index (χ3v) is 5.21. The third-order valence-electron chi connectivity index (χ3n) is 3.65. The number of nitrogens with zero attached hydrogens (tertiary/aromatic N) is 2. The number of nitrogens with one attached hydrogen (secondary N) is 1. The second kappa shape index (κ2) is 9.81. The van der Waals surface area contributed by atoms with Crippen molar-refractivity contribution in [1.29, 1.82) is 0 Å². The minimum absolute atomic E-state index is 0.0742. The van der Waals surface area contributed by atoms with Crippen molar-refractivity contribution in [3.63, 3.8) is 0 Å². The van der Waals surface area contributed by atoms with Gasteiger partial charge in [0.2, 0.25) is 0 Å². The van der Waals surface area contributed by atoms with Crippen LogP contribution < -0.4 is 5.32 Å². The molecule has 0 saturated carbocycles. The van der Waals surface area contributed by atoms with E-state index in [1.165, 1.54) is 11.8 Å². The summed E-state index contributed by atoms with van der Waals surface area (Å²) in [6, 6.07) is 11.6. The van der Waals surface area contributed by atoms with Gasteiger partial charge in [0.05, 0.1) is 5.56 Å². The molecule has 0 aliphatic carbocycles. The third kappa shape index (κ3) is 5.61. The van der Waals surface area contributed by atoms with Crippen molar-refractivity contribution in [2.45, 2.75) is 23.8 Å². The molecule has 128 valence electrons. The summed E-state index contributed by atoms with van der Waals surface area (Å²) in [5.74, 6) is -0.0742. The maximum atomic E-state index is 12.5. The van der Waals surface area contributed by atoms with Gasteiger partial charge in [0.15, 0.2) is 0 Å². The monoisotopic (exact) mass is 407 g/mol. The number of halogens is 1. The molecular formula is C18H22BrN3OS. The number of carbonyl (C=O) groups is 1. The zero-order valence-electron chi connectivity index (χ0n) is 14.0. The molecule has 1 aromatic heterocycles. The Morgan fingerprint density at radius 2 is 1.92 bits per heavy atom. The van der Waals surface area contributed by atoms with Crippen molar-refractivity contribution in [3.8, 4) is 0 Å². The van der Waals surface area contributed by atoms with Gasteiger partial charge in [-0.25, -0.2) is 4.98 Å². The Bertz CT molecular complexity index is 660. The highest BCUT2D eigenvalue weighted by Crippen LogP contribution is 2.29. The van der Waals surface area contributed by atoms with E-state index in [2.05, 4.69) is 45.0 Å². The lowest BCUT2D eigenvalue weighted by Crippen LogP contribution is -2.35. The lowest BCUT2D eigenvalue weighted by atomic mass is 10.2. The summed E-state index contributed by atoms with van der Waals surface area (Å²) >= 11 is 4.92. The normalized spacial score (nSPS) is 10.8. The van der Waals surface area contributed by atoms with Gasteiger partial charge in [0.25, 0.3) is 5.91 Å². The molecule has 0 bridgehead atoms. The van der Waals surface area contributed by atoms with Gasteiger partial charge in [-0.3, -0.25) is 4.79 Å². The fourth-order valence-corrected chi connectivity index (χ4v) is 3.37. The SMILES string of the molecule is CCN(CC)CCNC(=O)c1cccnc1Sc1ccc(Br)cc1. The molecule has 24 heavy (non-hydrogen) atoms. The average Bonchev–Trinajstić information content (AvgIpc) is 2.61. The van der Waals surface area contributed by atoms with E-state index in [0.717, 1.165) is 34.0 Å². The van der Waals surface area contributed by atoms with Gasteiger partial charge < -0.3 is 10.2 Å². The summed E-state index contributed by atoms with van der Waals surface area (Å²) in [6.45, 7) is 7.72. The van der Waals surface area contributed by atoms with E-state index in [1.807, 2.05) is 30.3 Å². The molecule has 1 heterocycles. The molecular weight excluding hydrogens is 386 g/mol. The van der Waals surface area contributed by atoms with Crippen molar-refractivity contribution < 1.29 is 4.79 Å². The van der Waals surface area contributed by atoms with Crippen LogP contribution in [0.1, 0.15) is 24.2 Å². The molecule has 2 rings (SSSR count). The highest BCUT2D eigenvalue weighted by molar-refractivity contribution is 9.10. The number of benzene rings is 1. The molecule has 6 heteroatoms. The largest absolute Gasteiger partial charge is 0.351 e. The van der Waals surface area contributed by atoms with Crippen LogP contribution in [0.25, 0.3) is 0 Å². The summed E-state index contributed by atoms with van der Waals surface area (Å²) < 4.78 is 1.03. The van der Waals surface area contributed by atoms with Gasteiger partial charge in [-0.2, -0.15) is 0 Å². The van der Waals surface area contributed by atoms with E-state index in [4.69, 9.17) is 0 Å². The molecule has 2 aromatic rings. The number of rotatable bonds is 8. The Morgan fingerprint density at radius 3 is 2.58 bits per heavy atom. The molecule has 4 nitrogen and oxygen atoms in total. The van der Waals surface area contributed by atoms with E-state index in [1.54, 1.807) is 12.3 Å². The molecule has 0 aliphatic rings. The molecule has 0 atom stereocenters. The molecule has 0 aliphatic heterocycles. The quantitative estimate of drug-likeness (QED) is 0.716. The Morgan fingerprint density at radius 1 is 1.21 bits per heavy atom. The average molecular weight is 408 g/mol. The summed E-state index contributed by atoms with van der Waals surface area (Å²) in [7, 11) is 0. The first-order valence-electron chi connectivity index (χ1n) is 8.03. The van der Waals surface area contributed by atoms with E-state index >= 15 is 0 Å². The summed E-state index contributed by atoms with van der Waals surface area (Å²) in [4.78, 5) is 20.2. The molecule has 1 amide bonds. The molecule has 1 aromatic carbocycles. The minimum Gasteiger partial charge on any atom is -0.351 e. The van der Waals surface area contributed by atoms with Crippen LogP contribution in [0.5, 0.6) is 0 Å². The molecule has 1 N–H and O–H groups in total. The number of likely N-dealkylation sites (N-methyl/N-ethyl adjacent to an activating group) is 1. The summed E-state index contributed by atoms with van der Waals surface area (Å²) in [5.41, 5.74) is 0.616. The van der Waals surface area contributed by atoms with Gasteiger partial charge in [0, 0.05) is 28.7 Å². The second-order valence-corrected chi connectivity index (χ2v) is 7.17. The standard InChI is InChI=1S/C18H22BrN3OS/c1-3-22(4-2)13-12-20-17(23)16-6-5-11-21-18(16)24-15-9-7-14(19)8-10-15/h5-11H,3-4,12-13H2,1-2H3,(H,20,23).